The van der Waals surface area contributed by atoms with Gasteiger partial charge in [-0.3, -0.25) is 0 Å². The Balaban J connectivity index is 1.41. The van der Waals surface area contributed by atoms with Crippen LogP contribution in [-0.4, -0.2) is 15.4 Å². The van der Waals surface area contributed by atoms with Gasteiger partial charge < -0.3 is 15.0 Å². The molecule has 193 valence electrons. The number of rotatable bonds is 2. The summed E-state index contributed by atoms with van der Waals surface area (Å²) >= 11 is 0. The van der Waals surface area contributed by atoms with Gasteiger partial charge in [0.25, 0.3) is 0 Å². The van der Waals surface area contributed by atoms with Gasteiger partial charge in [-0.1, -0.05) is 99.1 Å². The molecule has 0 amide bonds. The molecule has 3 heterocycles. The van der Waals surface area contributed by atoms with Crippen LogP contribution in [0.3, 0.4) is 0 Å². The lowest BCUT2D eigenvalue weighted by molar-refractivity contribution is 0.481. The normalized spacial score (nSPS) is 15.0. The molecule has 3 aliphatic heterocycles. The van der Waals surface area contributed by atoms with Gasteiger partial charge in [-0.15, -0.1) is 0 Å². The average Bonchev–Trinajstić information content (AvgIpc) is 2.97. The lowest BCUT2D eigenvalue weighted by Crippen LogP contribution is -2.62. The van der Waals surface area contributed by atoms with Gasteiger partial charge in [0.05, 0.1) is 11.4 Å². The van der Waals surface area contributed by atoms with E-state index in [-0.39, 0.29) is 0 Å². The Morgan fingerprint density at radius 2 is 1.50 bits per heavy atom. The van der Waals surface area contributed by atoms with Crippen molar-refractivity contribution >= 4 is 65.1 Å². The Morgan fingerprint density at radius 3 is 2.38 bits per heavy atom. The maximum atomic E-state index is 6.38. The molecule has 0 aromatic heterocycles. The SMILES string of the molecule is CC(C)c1cc(-c2cccc3c2Nc2ccccc2O3)c2c(c1)N1c3ccccc3[Si](C)(C)c3cccc(c31)[B]2. The monoisotopic (exact) mass is 533 g/mol. The van der Waals surface area contributed by atoms with Gasteiger partial charge in [0, 0.05) is 22.6 Å². The van der Waals surface area contributed by atoms with Gasteiger partial charge in [-0.2, -0.15) is 0 Å². The van der Waals surface area contributed by atoms with Crippen molar-refractivity contribution in [2.45, 2.75) is 32.9 Å². The minimum Gasteiger partial charge on any atom is -0.453 e. The molecule has 3 nitrogen and oxygen atoms in total. The standard InChI is InChI=1S/C35H30BN2OSi/c1-21(2)22-19-24(23-11-9-16-30-34(23)37-26-13-5-7-15-29(26)39-30)33-28(20-22)38-27-14-6-8-17-31(27)40(3,4)32-18-10-12-25(36-33)35(32)38/h5-21,37H,1-4H3. The van der Waals surface area contributed by atoms with E-state index >= 15 is 0 Å². The number of hydrogen-bond donors (Lipinski definition) is 1. The van der Waals surface area contributed by atoms with Gasteiger partial charge in [0.15, 0.2) is 18.8 Å². The van der Waals surface area contributed by atoms with E-state index in [4.69, 9.17) is 4.74 Å². The van der Waals surface area contributed by atoms with E-state index in [2.05, 4.69) is 123 Å². The van der Waals surface area contributed by atoms with Gasteiger partial charge in [-0.05, 0) is 63.2 Å². The zero-order chi connectivity index (χ0) is 27.2. The number of hydrogen-bond acceptors (Lipinski definition) is 3. The first-order chi connectivity index (χ1) is 19.4. The quantitative estimate of drug-likeness (QED) is 0.245. The van der Waals surface area contributed by atoms with Crippen molar-refractivity contribution in [1.82, 2.24) is 0 Å². The van der Waals surface area contributed by atoms with Crippen LogP contribution in [-0.2, 0) is 0 Å². The third-order valence-corrected chi connectivity index (χ3v) is 12.4. The van der Waals surface area contributed by atoms with Crippen molar-refractivity contribution in [3.63, 3.8) is 0 Å². The highest BCUT2D eigenvalue weighted by Crippen LogP contribution is 2.48. The van der Waals surface area contributed by atoms with Crippen LogP contribution in [0.1, 0.15) is 25.3 Å². The largest absolute Gasteiger partial charge is 0.453 e. The average molecular weight is 534 g/mol. The summed E-state index contributed by atoms with van der Waals surface area (Å²) in [5, 5.41) is 6.71. The van der Waals surface area contributed by atoms with Crippen LogP contribution >= 0.6 is 0 Å². The molecule has 0 fully saturated rings. The van der Waals surface area contributed by atoms with Crippen LogP contribution in [0.4, 0.5) is 28.4 Å². The first-order valence-electron chi connectivity index (χ1n) is 14.1. The Hall–Kier alpha value is -4.22. The number of ether oxygens (including phenoxy) is 1. The zero-order valence-electron chi connectivity index (χ0n) is 23.2. The fraction of sp³-hybridized carbons (Fsp3) is 0.143. The first-order valence-corrected chi connectivity index (χ1v) is 17.1. The third kappa shape index (κ3) is 3.24. The smallest absolute Gasteiger partial charge is 0.197 e. The van der Waals surface area contributed by atoms with Crippen molar-refractivity contribution in [1.29, 1.82) is 0 Å². The fourth-order valence-corrected chi connectivity index (χ4v) is 9.73. The number of benzene rings is 5. The molecule has 0 saturated heterocycles. The second-order valence-electron chi connectivity index (χ2n) is 11.9. The van der Waals surface area contributed by atoms with E-state index in [1.54, 1.807) is 0 Å². The van der Waals surface area contributed by atoms with Crippen molar-refractivity contribution in [3.05, 3.63) is 103 Å². The molecular weight excluding hydrogens is 503 g/mol. The number of nitrogens with one attached hydrogen (secondary N) is 1. The van der Waals surface area contributed by atoms with Crippen LogP contribution in [0.15, 0.2) is 97.1 Å². The van der Waals surface area contributed by atoms with Crippen molar-refractivity contribution < 1.29 is 4.74 Å². The summed E-state index contributed by atoms with van der Waals surface area (Å²) in [6, 6.07) is 35.3. The topological polar surface area (TPSA) is 24.5 Å². The van der Waals surface area contributed by atoms with Crippen LogP contribution in [0, 0.1) is 0 Å². The number of para-hydroxylation sites is 5. The number of fused-ring (bicyclic) bond motifs is 6. The van der Waals surface area contributed by atoms with Crippen molar-refractivity contribution in [2.24, 2.45) is 0 Å². The van der Waals surface area contributed by atoms with E-state index < -0.39 is 8.07 Å². The highest BCUT2D eigenvalue weighted by atomic mass is 28.3. The molecule has 0 saturated carbocycles. The summed E-state index contributed by atoms with van der Waals surface area (Å²) in [6.07, 6.45) is 0. The van der Waals surface area contributed by atoms with E-state index in [0.717, 1.165) is 28.4 Å². The molecule has 0 spiro atoms. The third-order valence-electron chi connectivity index (χ3n) is 8.85. The Labute approximate surface area is 237 Å². The zero-order valence-corrected chi connectivity index (χ0v) is 24.2. The van der Waals surface area contributed by atoms with Gasteiger partial charge in [0.2, 0.25) is 0 Å². The molecule has 0 atom stereocenters. The van der Waals surface area contributed by atoms with Gasteiger partial charge in [0.1, 0.15) is 8.07 Å². The fourth-order valence-electron chi connectivity index (χ4n) is 6.73. The van der Waals surface area contributed by atoms with Gasteiger partial charge in [-0.25, -0.2) is 0 Å². The Morgan fingerprint density at radius 1 is 0.750 bits per heavy atom. The van der Waals surface area contributed by atoms with E-state index in [9.17, 15) is 0 Å². The highest BCUT2D eigenvalue weighted by Gasteiger charge is 2.42. The van der Waals surface area contributed by atoms with E-state index in [1.807, 2.05) is 18.2 Å². The number of nitrogens with zero attached hydrogens (tertiary/aromatic N) is 1. The summed E-state index contributed by atoms with van der Waals surface area (Å²) in [6.45, 7) is 9.55. The summed E-state index contributed by atoms with van der Waals surface area (Å²) in [5.41, 5.74) is 12.2. The Kier molecular flexibility index (Phi) is 4.96. The second-order valence-corrected chi connectivity index (χ2v) is 16.3. The molecule has 8 rings (SSSR count). The summed E-state index contributed by atoms with van der Waals surface area (Å²) in [5.74, 6) is 2.10. The lowest BCUT2D eigenvalue weighted by Gasteiger charge is -2.45. The van der Waals surface area contributed by atoms with Crippen LogP contribution < -0.4 is 36.3 Å². The molecule has 5 aromatic carbocycles. The van der Waals surface area contributed by atoms with E-state index in [0.29, 0.717) is 5.92 Å². The van der Waals surface area contributed by atoms with Gasteiger partial charge >= 0.3 is 0 Å². The molecule has 1 N–H and O–H groups in total. The summed E-state index contributed by atoms with van der Waals surface area (Å²) in [4.78, 5) is 2.55. The molecule has 3 aliphatic rings. The molecule has 5 heteroatoms. The molecule has 1 radical (unpaired) electrons. The van der Waals surface area contributed by atoms with Crippen LogP contribution in [0.2, 0.25) is 13.1 Å². The minimum atomic E-state index is -1.86. The molecular formula is C35H30BN2OSi. The Bertz CT molecular complexity index is 1860. The van der Waals surface area contributed by atoms with E-state index in [1.165, 1.54) is 49.5 Å². The molecule has 0 unspecified atom stereocenters. The summed E-state index contributed by atoms with van der Waals surface area (Å²) in [7, 11) is 0.553. The first kappa shape index (κ1) is 23.7. The molecule has 0 bridgehead atoms. The maximum absolute atomic E-state index is 6.38. The molecule has 40 heavy (non-hydrogen) atoms. The lowest BCUT2D eigenvalue weighted by atomic mass is 9.58. The predicted molar refractivity (Wildman–Crippen MR) is 172 cm³/mol. The van der Waals surface area contributed by atoms with Crippen molar-refractivity contribution in [3.8, 4) is 22.6 Å². The second kappa shape index (κ2) is 8.39. The van der Waals surface area contributed by atoms with Crippen LogP contribution in [0.25, 0.3) is 11.1 Å². The molecule has 0 aliphatic carbocycles. The number of anilines is 5. The van der Waals surface area contributed by atoms with Crippen molar-refractivity contribution in [2.75, 3.05) is 10.2 Å². The molecule has 5 aromatic rings. The summed E-state index contributed by atoms with van der Waals surface area (Å²) < 4.78 is 6.38. The minimum absolute atomic E-state index is 0.385. The predicted octanol–water partition coefficient (Wildman–Crippen LogP) is 6.90. The highest BCUT2D eigenvalue weighted by molar-refractivity contribution is 7.03. The van der Waals surface area contributed by atoms with Crippen LogP contribution in [0.5, 0.6) is 11.5 Å². The maximum Gasteiger partial charge on any atom is 0.197 e.